The maximum Gasteiger partial charge on any atom is 0.336 e. The van der Waals surface area contributed by atoms with Crippen LogP contribution in [0, 0.1) is 10.1 Å². The number of hydrogen-bond acceptors (Lipinski definition) is 8. The number of carboxylic acids is 2. The van der Waals surface area contributed by atoms with E-state index in [9.17, 15) is 29.6 Å². The molecular weight excluding hydrogens is 496 g/mol. The van der Waals surface area contributed by atoms with E-state index in [0.717, 1.165) is 11.6 Å². The smallest absolute Gasteiger partial charge is 0.336 e. The summed E-state index contributed by atoms with van der Waals surface area (Å²) in [6.45, 7) is 3.39. The molecule has 0 saturated heterocycles. The molecule has 0 aliphatic carbocycles. The van der Waals surface area contributed by atoms with Gasteiger partial charge in [-0.05, 0) is 31.1 Å². The first-order valence-electron chi connectivity index (χ1n) is 11.3. The van der Waals surface area contributed by atoms with E-state index in [-0.39, 0.29) is 30.0 Å². The Morgan fingerprint density at radius 1 is 1.00 bits per heavy atom. The topological polar surface area (TPSA) is 165 Å². The van der Waals surface area contributed by atoms with Crippen LogP contribution in [0.15, 0.2) is 83.2 Å². The maximum atomic E-state index is 12.6. The fraction of sp³-hybridized carbons (Fsp3) is 0.222. The van der Waals surface area contributed by atoms with Crippen molar-refractivity contribution in [1.29, 1.82) is 0 Å². The van der Waals surface area contributed by atoms with Crippen LogP contribution in [0.3, 0.4) is 0 Å². The van der Waals surface area contributed by atoms with Crippen LogP contribution in [0.25, 0.3) is 6.08 Å². The summed E-state index contributed by atoms with van der Waals surface area (Å²) in [6.07, 6.45) is 2.68. The minimum absolute atomic E-state index is 0.00112. The molecule has 3 rings (SSSR count). The second-order valence-corrected chi connectivity index (χ2v) is 8.00. The zero-order chi connectivity index (χ0) is 28.2. The van der Waals surface area contributed by atoms with Crippen molar-refractivity contribution in [3.05, 3.63) is 104 Å². The van der Waals surface area contributed by atoms with Crippen molar-refractivity contribution >= 4 is 29.7 Å². The van der Waals surface area contributed by atoms with Gasteiger partial charge in [-0.1, -0.05) is 42.5 Å². The van der Waals surface area contributed by atoms with Gasteiger partial charge in [-0.2, -0.15) is 0 Å². The fourth-order valence-corrected chi connectivity index (χ4v) is 3.73. The van der Waals surface area contributed by atoms with E-state index in [0.29, 0.717) is 17.0 Å². The van der Waals surface area contributed by atoms with Crippen molar-refractivity contribution in [2.24, 2.45) is 0 Å². The molecule has 11 heteroatoms. The van der Waals surface area contributed by atoms with Gasteiger partial charge < -0.3 is 25.0 Å². The molecule has 38 heavy (non-hydrogen) atoms. The lowest BCUT2D eigenvalue weighted by molar-refractivity contribution is -0.384. The molecule has 1 unspecified atom stereocenters. The molecule has 1 atom stereocenters. The van der Waals surface area contributed by atoms with Crippen LogP contribution in [0.5, 0.6) is 0 Å². The van der Waals surface area contributed by atoms with E-state index in [1.807, 2.05) is 30.3 Å². The van der Waals surface area contributed by atoms with Gasteiger partial charge in [-0.3, -0.25) is 10.1 Å². The van der Waals surface area contributed by atoms with Gasteiger partial charge in [0, 0.05) is 36.7 Å². The average Bonchev–Trinajstić information content (AvgIpc) is 2.88. The predicted octanol–water partition coefficient (Wildman–Crippen LogP) is 3.89. The van der Waals surface area contributed by atoms with Gasteiger partial charge in [0.25, 0.3) is 5.69 Å². The molecule has 0 spiro atoms. The summed E-state index contributed by atoms with van der Waals surface area (Å²) in [5.74, 6) is -3.86. The lowest BCUT2D eigenvalue weighted by Crippen LogP contribution is -2.32. The Hall–Kier alpha value is -4.77. The molecule has 1 heterocycles. The van der Waals surface area contributed by atoms with Gasteiger partial charge in [0.05, 0.1) is 28.6 Å². The van der Waals surface area contributed by atoms with E-state index in [1.165, 1.54) is 25.3 Å². The van der Waals surface area contributed by atoms with Crippen LogP contribution >= 0.6 is 0 Å². The van der Waals surface area contributed by atoms with Crippen molar-refractivity contribution in [1.82, 2.24) is 5.32 Å². The molecule has 11 nitrogen and oxygen atoms in total. The van der Waals surface area contributed by atoms with Crippen LogP contribution < -0.4 is 5.32 Å². The number of esters is 1. The second-order valence-electron chi connectivity index (χ2n) is 8.00. The first kappa shape index (κ1) is 29.5. The number of hydrogen-bond donors (Lipinski definition) is 3. The molecule has 2 aromatic carbocycles. The maximum absolute atomic E-state index is 12.6. The lowest BCUT2D eigenvalue weighted by atomic mass is 9.80. The number of nitro groups is 1. The van der Waals surface area contributed by atoms with Gasteiger partial charge in [-0.15, -0.1) is 0 Å². The Morgan fingerprint density at radius 3 is 2.24 bits per heavy atom. The minimum Gasteiger partial charge on any atom is -0.478 e. The van der Waals surface area contributed by atoms with E-state index in [4.69, 9.17) is 14.6 Å². The van der Waals surface area contributed by atoms with Gasteiger partial charge >= 0.3 is 17.9 Å². The van der Waals surface area contributed by atoms with Crippen molar-refractivity contribution < 1.29 is 39.0 Å². The number of rotatable bonds is 9. The number of non-ortho nitro benzene ring substituents is 1. The molecule has 0 radical (unpaired) electrons. The number of methoxy groups -OCH3 is 1. The first-order chi connectivity index (χ1) is 18.1. The summed E-state index contributed by atoms with van der Waals surface area (Å²) < 4.78 is 10.0. The molecule has 1 aliphatic heterocycles. The Balaban J connectivity index is 0.000000384. The fourth-order valence-electron chi connectivity index (χ4n) is 3.73. The van der Waals surface area contributed by atoms with Crippen molar-refractivity contribution in [2.45, 2.75) is 19.8 Å². The number of carbonyl (C=O) groups is 3. The molecule has 1 aliphatic rings. The third kappa shape index (κ3) is 8.14. The Kier molecular flexibility index (Phi) is 10.9. The van der Waals surface area contributed by atoms with Gasteiger partial charge in [-0.25, -0.2) is 14.4 Å². The molecule has 0 bridgehead atoms. The third-order valence-corrected chi connectivity index (χ3v) is 5.36. The van der Waals surface area contributed by atoms with E-state index < -0.39 is 28.7 Å². The summed E-state index contributed by atoms with van der Waals surface area (Å²) in [6, 6.07) is 14.9. The quantitative estimate of drug-likeness (QED) is 0.144. The third-order valence-electron chi connectivity index (χ3n) is 5.36. The number of nitrogens with one attached hydrogen (secondary N) is 1. The highest BCUT2D eigenvalue weighted by Gasteiger charge is 2.37. The van der Waals surface area contributed by atoms with Crippen molar-refractivity contribution in [3.8, 4) is 0 Å². The lowest BCUT2D eigenvalue weighted by Gasteiger charge is -2.29. The highest BCUT2D eigenvalue weighted by atomic mass is 16.6. The molecule has 0 amide bonds. The van der Waals surface area contributed by atoms with Crippen LogP contribution in [-0.2, 0) is 23.9 Å². The number of ether oxygens (including phenoxy) is 2. The number of dihydropyridines is 1. The zero-order valence-electron chi connectivity index (χ0n) is 21.0. The van der Waals surface area contributed by atoms with Crippen molar-refractivity contribution in [2.75, 3.05) is 20.3 Å². The van der Waals surface area contributed by atoms with Crippen LogP contribution in [0.4, 0.5) is 5.69 Å². The number of allylic oxidation sites excluding steroid dienone is 2. The van der Waals surface area contributed by atoms with Crippen molar-refractivity contribution in [3.63, 3.8) is 0 Å². The summed E-state index contributed by atoms with van der Waals surface area (Å²) in [5, 5.41) is 32.0. The SMILES string of the molecule is COCCOC(=O)C1=C(C)NC(C)=C(C(=O)O)C1c1cccc([N+](=O)[O-])c1.O=C(O)/C=C/c1ccccc1. The number of benzene rings is 2. The summed E-state index contributed by atoms with van der Waals surface area (Å²) >= 11 is 0. The Bertz CT molecular complexity index is 1280. The highest BCUT2D eigenvalue weighted by Crippen LogP contribution is 2.39. The molecule has 0 saturated carbocycles. The normalized spacial score (nSPS) is 14.9. The van der Waals surface area contributed by atoms with Crippen LogP contribution in [0.2, 0.25) is 0 Å². The number of carbonyl (C=O) groups excluding carboxylic acids is 1. The minimum atomic E-state index is -1.23. The standard InChI is InChI=1S/C18H20N2O7.C9H8O2/c1-10-14(17(21)22)16(12-5-4-6-13(9-12)20(24)25)15(11(2)19-10)18(23)27-8-7-26-3;10-9(11)7-6-8-4-2-1-3-5-8/h4-6,9,16,19H,7-8H2,1-3H3,(H,21,22);1-7H,(H,10,11)/b;7-6+. The Morgan fingerprint density at radius 2 is 1.66 bits per heavy atom. The Labute approximate surface area is 218 Å². The van der Waals surface area contributed by atoms with Crippen LogP contribution in [-0.4, -0.2) is 53.4 Å². The number of nitro benzene ring substituents is 1. The number of aliphatic carboxylic acids is 2. The molecule has 0 aromatic heterocycles. The number of carboxylic acid groups (broad SMARTS) is 2. The van der Waals surface area contributed by atoms with Crippen LogP contribution in [0.1, 0.15) is 30.9 Å². The monoisotopic (exact) mass is 524 g/mol. The summed E-state index contributed by atoms with van der Waals surface area (Å²) in [4.78, 5) is 45.1. The molecular formula is C27H28N2O9. The molecule has 200 valence electrons. The highest BCUT2D eigenvalue weighted by molar-refractivity contribution is 5.99. The first-order valence-corrected chi connectivity index (χ1v) is 11.3. The van der Waals surface area contributed by atoms with E-state index in [2.05, 4.69) is 5.32 Å². The van der Waals surface area contributed by atoms with E-state index in [1.54, 1.807) is 26.0 Å². The second kappa shape index (κ2) is 14.1. The van der Waals surface area contributed by atoms with Gasteiger partial charge in [0.1, 0.15) is 6.61 Å². The molecule has 0 fully saturated rings. The van der Waals surface area contributed by atoms with Gasteiger partial charge in [0.2, 0.25) is 0 Å². The summed E-state index contributed by atoms with van der Waals surface area (Å²) in [5.41, 5.74) is 1.82. The zero-order valence-corrected chi connectivity index (χ0v) is 21.0. The number of nitrogens with zero attached hydrogens (tertiary/aromatic N) is 1. The largest absolute Gasteiger partial charge is 0.478 e. The van der Waals surface area contributed by atoms with E-state index >= 15 is 0 Å². The summed E-state index contributed by atoms with van der Waals surface area (Å²) in [7, 11) is 1.46. The molecule has 3 N–H and O–H groups in total. The predicted molar refractivity (Wildman–Crippen MR) is 138 cm³/mol. The van der Waals surface area contributed by atoms with Gasteiger partial charge in [0.15, 0.2) is 0 Å². The average molecular weight is 525 g/mol. The molecule has 2 aromatic rings.